The number of nitrogens with zero attached hydrogens (tertiary/aromatic N) is 2. The van der Waals surface area contributed by atoms with E-state index in [2.05, 4.69) is 5.10 Å². The van der Waals surface area contributed by atoms with Crippen LogP contribution in [0.4, 0.5) is 26.3 Å². The minimum Gasteiger partial charge on any atom is -0.372 e. The van der Waals surface area contributed by atoms with Crippen molar-refractivity contribution in [3.8, 4) is 0 Å². The van der Waals surface area contributed by atoms with Crippen molar-refractivity contribution in [3.63, 3.8) is 0 Å². The van der Waals surface area contributed by atoms with Crippen LogP contribution in [0.15, 0.2) is 18.5 Å². The van der Waals surface area contributed by atoms with Crippen molar-refractivity contribution in [2.24, 2.45) is 0 Å². The Kier molecular flexibility index (Phi) is 4.22. The van der Waals surface area contributed by atoms with Crippen LogP contribution in [0.5, 0.6) is 0 Å². The highest BCUT2D eigenvalue weighted by atomic mass is 19.4. The Morgan fingerprint density at radius 2 is 1.53 bits per heavy atom. The van der Waals surface area contributed by atoms with E-state index in [9.17, 15) is 26.3 Å². The molecule has 0 amide bonds. The topological polar surface area (TPSA) is 38.0 Å². The minimum atomic E-state index is -5.82. The second-order valence-corrected chi connectivity index (χ2v) is 3.06. The molecule has 1 heterocycles. The highest BCUT2D eigenvalue weighted by molar-refractivity contribution is 4.94. The fourth-order valence-electron chi connectivity index (χ4n) is 0.968. The summed E-state index contributed by atoms with van der Waals surface area (Å²) in [7, 11) is 0. The molecular formula is C8H10F6N2O. The summed E-state index contributed by atoms with van der Waals surface area (Å²) in [5.74, 6) is 0. The number of hydrogen-bond acceptors (Lipinski definition) is 2. The smallest absolute Gasteiger partial charge is 0.372 e. The predicted molar refractivity (Wildman–Crippen MR) is 46.0 cm³/mol. The molecule has 0 unspecified atom stereocenters. The lowest BCUT2D eigenvalue weighted by molar-refractivity contribution is -0.372. The minimum absolute atomic E-state index is 0. The molecule has 1 aromatic rings. The summed E-state index contributed by atoms with van der Waals surface area (Å²) in [6, 6.07) is 1.15. The number of alkyl halides is 6. The largest absolute Gasteiger partial charge is 0.428 e. The first-order valence-corrected chi connectivity index (χ1v) is 3.91. The van der Waals surface area contributed by atoms with Crippen LogP contribution >= 0.6 is 0 Å². The zero-order valence-corrected chi connectivity index (χ0v) is 7.55. The molecule has 3 nitrogen and oxygen atoms in total. The molecule has 0 bridgehead atoms. The van der Waals surface area contributed by atoms with E-state index in [1.54, 1.807) is 0 Å². The number of rotatable bonds is 2. The summed E-state index contributed by atoms with van der Waals surface area (Å²) in [4.78, 5) is 0. The predicted octanol–water partition coefficient (Wildman–Crippen LogP) is 2.37. The summed E-state index contributed by atoms with van der Waals surface area (Å²) in [5, 5.41) is 11.9. The van der Waals surface area contributed by atoms with E-state index < -0.39 is 24.5 Å². The Balaban J connectivity index is 0.00000256. The molecule has 100 valence electrons. The molecule has 0 aliphatic rings. The van der Waals surface area contributed by atoms with Crippen molar-refractivity contribution in [2.45, 2.75) is 31.9 Å². The van der Waals surface area contributed by atoms with Crippen molar-refractivity contribution in [1.29, 1.82) is 0 Å². The van der Waals surface area contributed by atoms with Crippen LogP contribution in [-0.4, -0.2) is 32.8 Å². The molecule has 0 fully saturated rings. The van der Waals surface area contributed by atoms with Crippen molar-refractivity contribution < 1.29 is 31.4 Å². The normalized spacial score (nSPS) is 13.4. The first kappa shape index (κ1) is 15.8. The van der Waals surface area contributed by atoms with Crippen LogP contribution < -0.4 is 0 Å². The molecule has 1 N–H and O–H groups in total. The second-order valence-electron chi connectivity index (χ2n) is 3.06. The number of aliphatic hydroxyl groups is 1. The maximum Gasteiger partial charge on any atom is 0.428 e. The monoisotopic (exact) mass is 264 g/mol. The molecular weight excluding hydrogens is 254 g/mol. The number of hydrogen-bond donors (Lipinski definition) is 1. The lowest BCUT2D eigenvalue weighted by Gasteiger charge is -2.31. The molecule has 0 saturated carbocycles. The van der Waals surface area contributed by atoms with Crippen molar-refractivity contribution in [2.75, 3.05) is 0 Å². The Morgan fingerprint density at radius 1 is 1.06 bits per heavy atom. The van der Waals surface area contributed by atoms with E-state index in [0.29, 0.717) is 4.68 Å². The zero-order valence-electron chi connectivity index (χ0n) is 7.55. The van der Waals surface area contributed by atoms with Crippen LogP contribution in [0.3, 0.4) is 0 Å². The lowest BCUT2D eigenvalue weighted by Crippen LogP contribution is -2.59. The van der Waals surface area contributed by atoms with Crippen LogP contribution in [0.1, 0.15) is 7.43 Å². The van der Waals surface area contributed by atoms with Gasteiger partial charge in [-0.3, -0.25) is 4.68 Å². The lowest BCUT2D eigenvalue weighted by atomic mass is 10.0. The van der Waals surface area contributed by atoms with Gasteiger partial charge in [-0.25, -0.2) is 0 Å². The van der Waals surface area contributed by atoms with Gasteiger partial charge in [0.2, 0.25) is 0 Å². The summed E-state index contributed by atoms with van der Waals surface area (Å²) in [6.07, 6.45) is -9.75. The van der Waals surface area contributed by atoms with E-state index in [0.717, 1.165) is 18.5 Å². The molecule has 0 aromatic carbocycles. The molecule has 1 rings (SSSR count). The molecule has 17 heavy (non-hydrogen) atoms. The Morgan fingerprint density at radius 3 is 1.82 bits per heavy atom. The van der Waals surface area contributed by atoms with Gasteiger partial charge in [-0.2, -0.15) is 31.4 Å². The fourth-order valence-corrected chi connectivity index (χ4v) is 0.968. The van der Waals surface area contributed by atoms with E-state index in [1.807, 2.05) is 0 Å². The van der Waals surface area contributed by atoms with Gasteiger partial charge >= 0.3 is 12.4 Å². The maximum atomic E-state index is 12.2. The highest BCUT2D eigenvalue weighted by Gasteiger charge is 2.70. The van der Waals surface area contributed by atoms with E-state index in [1.165, 1.54) is 0 Å². The average molecular weight is 264 g/mol. The van der Waals surface area contributed by atoms with Gasteiger partial charge in [0.1, 0.15) is 0 Å². The van der Waals surface area contributed by atoms with Crippen LogP contribution in [0, 0.1) is 0 Å². The second kappa shape index (κ2) is 4.55. The quantitative estimate of drug-likeness (QED) is 0.833. The van der Waals surface area contributed by atoms with Crippen molar-refractivity contribution in [3.05, 3.63) is 18.5 Å². The number of halogens is 6. The van der Waals surface area contributed by atoms with Gasteiger partial charge in [0, 0.05) is 12.4 Å². The standard InChI is InChI=1S/C7H6F6N2O.CH4/c8-6(9,10)5(16,7(11,12)13)4-15-3-1-2-14-15;/h1-3,16H,4H2;1H4. The molecule has 0 spiro atoms. The maximum absolute atomic E-state index is 12.2. The molecule has 0 saturated heterocycles. The fraction of sp³-hybridized carbons (Fsp3) is 0.625. The van der Waals surface area contributed by atoms with Gasteiger partial charge in [-0.05, 0) is 6.07 Å². The van der Waals surface area contributed by atoms with Crippen LogP contribution in [0.25, 0.3) is 0 Å². The summed E-state index contributed by atoms with van der Waals surface area (Å²) >= 11 is 0. The van der Waals surface area contributed by atoms with Crippen molar-refractivity contribution in [1.82, 2.24) is 9.78 Å². The van der Waals surface area contributed by atoms with Gasteiger partial charge < -0.3 is 5.11 Å². The number of aromatic nitrogens is 2. The van der Waals surface area contributed by atoms with E-state index in [-0.39, 0.29) is 7.43 Å². The molecule has 1 aromatic heterocycles. The first-order chi connectivity index (χ1) is 7.08. The van der Waals surface area contributed by atoms with Gasteiger partial charge in [0.05, 0.1) is 6.54 Å². The third-order valence-electron chi connectivity index (χ3n) is 1.89. The van der Waals surface area contributed by atoms with Crippen LogP contribution in [-0.2, 0) is 6.54 Å². The Labute approximate surface area is 92.7 Å². The Bertz CT molecular complexity index is 328. The van der Waals surface area contributed by atoms with Gasteiger partial charge in [0.15, 0.2) is 0 Å². The molecule has 0 radical (unpaired) electrons. The van der Waals surface area contributed by atoms with Crippen LogP contribution in [0.2, 0.25) is 0 Å². The molecule has 0 aliphatic carbocycles. The molecule has 9 heteroatoms. The van der Waals surface area contributed by atoms with Gasteiger partial charge in [-0.1, -0.05) is 7.43 Å². The molecule has 0 aliphatic heterocycles. The van der Waals surface area contributed by atoms with Gasteiger partial charge in [0.25, 0.3) is 5.60 Å². The van der Waals surface area contributed by atoms with Crippen molar-refractivity contribution >= 4 is 0 Å². The average Bonchev–Trinajstić information content (AvgIpc) is 2.52. The summed E-state index contributed by atoms with van der Waals surface area (Å²) in [5.41, 5.74) is -4.80. The summed E-state index contributed by atoms with van der Waals surface area (Å²) in [6.45, 7) is -1.73. The highest BCUT2D eigenvalue weighted by Crippen LogP contribution is 2.43. The molecule has 0 atom stereocenters. The Hall–Kier alpha value is -1.25. The zero-order chi connectivity index (χ0) is 12.6. The first-order valence-electron chi connectivity index (χ1n) is 3.91. The summed E-state index contributed by atoms with van der Waals surface area (Å²) < 4.78 is 73.4. The SMILES string of the molecule is C.OC(Cn1cccn1)(C(F)(F)F)C(F)(F)F. The third kappa shape index (κ3) is 2.90. The van der Waals surface area contributed by atoms with E-state index in [4.69, 9.17) is 5.11 Å². The third-order valence-corrected chi connectivity index (χ3v) is 1.89. The van der Waals surface area contributed by atoms with E-state index >= 15 is 0 Å². The van der Waals surface area contributed by atoms with Gasteiger partial charge in [-0.15, -0.1) is 0 Å².